The van der Waals surface area contributed by atoms with Gasteiger partial charge in [0.2, 0.25) is 11.1 Å². The molecule has 0 radical (unpaired) electrons. The lowest BCUT2D eigenvalue weighted by atomic mass is 9.99. The van der Waals surface area contributed by atoms with Gasteiger partial charge < -0.3 is 4.18 Å². The molecule has 0 saturated heterocycles. The van der Waals surface area contributed by atoms with E-state index in [1.807, 2.05) is 0 Å². The van der Waals surface area contributed by atoms with Gasteiger partial charge in [0.1, 0.15) is 5.57 Å². The van der Waals surface area contributed by atoms with Crippen molar-refractivity contribution in [2.45, 2.75) is 38.3 Å². The minimum Gasteiger partial charge on any atom is -0.367 e. The minimum atomic E-state index is -4.86. The maximum absolute atomic E-state index is 13.8. The van der Waals surface area contributed by atoms with Crippen molar-refractivity contribution in [1.29, 1.82) is 0 Å². The van der Waals surface area contributed by atoms with Crippen LogP contribution in [0.1, 0.15) is 25.8 Å². The smallest absolute Gasteiger partial charge is 0.367 e. The van der Waals surface area contributed by atoms with Gasteiger partial charge in [0.05, 0.1) is 4.90 Å². The van der Waals surface area contributed by atoms with Crippen molar-refractivity contribution < 1.29 is 26.0 Å². The van der Waals surface area contributed by atoms with Crippen molar-refractivity contribution in [1.82, 2.24) is 0 Å². The molecule has 2 atom stereocenters. The van der Waals surface area contributed by atoms with Crippen LogP contribution in [0.5, 0.6) is 0 Å². The molecule has 118 valence electrons. The summed E-state index contributed by atoms with van der Waals surface area (Å²) < 4.78 is 68.4. The average Bonchev–Trinajstić information content (AvgIpc) is 2.37. The molecule has 0 aliphatic rings. The van der Waals surface area contributed by atoms with E-state index < -0.39 is 34.8 Å². The molecule has 1 aromatic rings. The molecule has 0 saturated carbocycles. The van der Waals surface area contributed by atoms with Gasteiger partial charge in [0.25, 0.3) is 6.01 Å². The molecule has 1 rings (SSSR count). The van der Waals surface area contributed by atoms with Crippen LogP contribution >= 0.6 is 0 Å². The molecule has 2 unspecified atom stereocenters. The molecular formula is C14H16F4O2S. The molecule has 0 N–H and O–H groups in total. The van der Waals surface area contributed by atoms with E-state index in [4.69, 9.17) is 0 Å². The number of benzene rings is 1. The Labute approximate surface area is 123 Å². The number of alkyl halides is 3. The Bertz CT molecular complexity index is 535. The van der Waals surface area contributed by atoms with E-state index >= 15 is 0 Å². The monoisotopic (exact) mass is 324 g/mol. The molecule has 1 aromatic carbocycles. The highest BCUT2D eigenvalue weighted by Crippen LogP contribution is 2.36. The van der Waals surface area contributed by atoms with E-state index in [1.54, 1.807) is 19.1 Å². The predicted molar refractivity (Wildman–Crippen MR) is 72.3 cm³/mol. The summed E-state index contributed by atoms with van der Waals surface area (Å²) in [5.74, 6) is -1.08. The Balaban J connectivity index is 3.04. The van der Waals surface area contributed by atoms with Gasteiger partial charge in [-0.2, -0.15) is 17.6 Å². The highest BCUT2D eigenvalue weighted by atomic mass is 32.2. The number of hydrogen-bond donors (Lipinski definition) is 0. The summed E-state index contributed by atoms with van der Waals surface area (Å²) in [4.78, 5) is 0.0985. The van der Waals surface area contributed by atoms with Crippen LogP contribution in [-0.2, 0) is 15.3 Å². The molecule has 0 spiro atoms. The number of aryl methyl sites for hydroxylation is 1. The van der Waals surface area contributed by atoms with Gasteiger partial charge in [-0.15, -0.1) is 0 Å². The van der Waals surface area contributed by atoms with Crippen molar-refractivity contribution in [3.63, 3.8) is 0 Å². The highest BCUT2D eigenvalue weighted by Gasteiger charge is 2.41. The van der Waals surface area contributed by atoms with E-state index in [0.29, 0.717) is 0 Å². The van der Waals surface area contributed by atoms with Crippen LogP contribution in [0.3, 0.4) is 0 Å². The average molecular weight is 324 g/mol. The van der Waals surface area contributed by atoms with Crippen molar-refractivity contribution in [2.24, 2.45) is 5.92 Å². The first-order chi connectivity index (χ1) is 9.66. The van der Waals surface area contributed by atoms with Crippen LogP contribution in [0.4, 0.5) is 17.6 Å². The fourth-order valence-corrected chi connectivity index (χ4v) is 2.27. The maximum atomic E-state index is 13.8. The van der Waals surface area contributed by atoms with Gasteiger partial charge in [-0.1, -0.05) is 31.5 Å². The van der Waals surface area contributed by atoms with Crippen LogP contribution in [-0.4, -0.2) is 10.4 Å². The Kier molecular flexibility index (Phi) is 5.95. The second-order valence-electron chi connectivity index (χ2n) is 4.63. The summed E-state index contributed by atoms with van der Waals surface area (Å²) in [7, 11) is 0. The van der Waals surface area contributed by atoms with Crippen molar-refractivity contribution in [3.8, 4) is 0 Å². The van der Waals surface area contributed by atoms with Gasteiger partial charge in [-0.05, 0) is 31.4 Å². The number of hydrogen-bond acceptors (Lipinski definition) is 2. The quantitative estimate of drug-likeness (QED) is 0.573. The second kappa shape index (κ2) is 7.06. The molecule has 0 heterocycles. The third-order valence-electron chi connectivity index (χ3n) is 2.98. The lowest BCUT2D eigenvalue weighted by Crippen LogP contribution is -2.20. The van der Waals surface area contributed by atoms with Crippen LogP contribution in [0.2, 0.25) is 0 Å². The molecular weight excluding hydrogens is 308 g/mol. The summed E-state index contributed by atoms with van der Waals surface area (Å²) in [6.07, 6.45) is -4.78. The largest absolute Gasteiger partial charge is 0.418 e. The zero-order valence-electron chi connectivity index (χ0n) is 11.8. The van der Waals surface area contributed by atoms with Gasteiger partial charge in [-0.25, -0.2) is 4.21 Å². The topological polar surface area (TPSA) is 26.3 Å². The summed E-state index contributed by atoms with van der Waals surface area (Å²) >= 11 is -2.33. The molecule has 21 heavy (non-hydrogen) atoms. The normalized spacial score (nSPS) is 16.1. The fourth-order valence-electron chi connectivity index (χ4n) is 1.60. The van der Waals surface area contributed by atoms with E-state index in [9.17, 15) is 21.8 Å². The standard InChI is InChI=1S/C14H16F4O2S/c1-4-10(3)12(14(16,17)18)13(15)20-21(19)11-7-5-9(2)6-8-11/h5-8,10H,4H2,1-3H3/b13-12+. The third kappa shape index (κ3) is 4.84. The molecule has 0 aromatic heterocycles. The first kappa shape index (κ1) is 17.7. The van der Waals surface area contributed by atoms with Gasteiger partial charge in [-0.3, -0.25) is 0 Å². The van der Waals surface area contributed by atoms with E-state index in [2.05, 4.69) is 4.18 Å². The van der Waals surface area contributed by atoms with Crippen molar-refractivity contribution in [3.05, 3.63) is 41.4 Å². The molecule has 0 bridgehead atoms. The molecule has 2 nitrogen and oxygen atoms in total. The van der Waals surface area contributed by atoms with Gasteiger partial charge in [0, 0.05) is 0 Å². The number of allylic oxidation sites excluding steroid dienone is 1. The zero-order valence-corrected chi connectivity index (χ0v) is 12.6. The van der Waals surface area contributed by atoms with Crippen LogP contribution in [0.25, 0.3) is 0 Å². The van der Waals surface area contributed by atoms with Gasteiger partial charge in [0.15, 0.2) is 0 Å². The minimum absolute atomic E-state index is 0.0861. The maximum Gasteiger partial charge on any atom is 0.418 e. The van der Waals surface area contributed by atoms with Crippen LogP contribution < -0.4 is 0 Å². The molecule has 0 aliphatic heterocycles. The summed E-state index contributed by atoms with van der Waals surface area (Å²) in [5.41, 5.74) is -0.548. The first-order valence-electron chi connectivity index (χ1n) is 6.30. The SMILES string of the molecule is CCC(C)/C(=C(/F)OS(=O)c1ccc(C)cc1)C(F)(F)F. The van der Waals surface area contributed by atoms with Crippen molar-refractivity contribution in [2.75, 3.05) is 0 Å². The summed E-state index contributed by atoms with van der Waals surface area (Å²) in [6, 6.07) is 4.20. The van der Waals surface area contributed by atoms with Gasteiger partial charge >= 0.3 is 6.18 Å². The number of rotatable bonds is 5. The third-order valence-corrected chi connectivity index (χ3v) is 3.94. The number of halogens is 4. The molecule has 0 aliphatic carbocycles. The van der Waals surface area contributed by atoms with E-state index in [1.165, 1.54) is 26.0 Å². The highest BCUT2D eigenvalue weighted by molar-refractivity contribution is 7.80. The molecule has 0 amide bonds. The lowest BCUT2D eigenvalue weighted by Gasteiger charge is -2.17. The Morgan fingerprint density at radius 2 is 1.81 bits per heavy atom. The van der Waals surface area contributed by atoms with Crippen LogP contribution in [0, 0.1) is 12.8 Å². The Hall–Kier alpha value is -1.37. The second-order valence-corrected chi connectivity index (χ2v) is 5.73. The Morgan fingerprint density at radius 1 is 1.29 bits per heavy atom. The predicted octanol–water partition coefficient (Wildman–Crippen LogP) is 4.82. The Morgan fingerprint density at radius 3 is 2.24 bits per heavy atom. The van der Waals surface area contributed by atoms with E-state index in [0.717, 1.165) is 5.56 Å². The first-order valence-corrected chi connectivity index (χ1v) is 7.38. The van der Waals surface area contributed by atoms with Crippen LogP contribution in [0.15, 0.2) is 40.7 Å². The van der Waals surface area contributed by atoms with Crippen molar-refractivity contribution >= 4 is 11.1 Å². The summed E-state index contributed by atoms with van der Waals surface area (Å²) in [6.45, 7) is 4.53. The lowest BCUT2D eigenvalue weighted by molar-refractivity contribution is -0.103. The molecule has 7 heteroatoms. The molecule has 0 fully saturated rings. The summed E-state index contributed by atoms with van der Waals surface area (Å²) in [5, 5.41) is 0. The fraction of sp³-hybridized carbons (Fsp3) is 0.429. The van der Waals surface area contributed by atoms with E-state index in [-0.39, 0.29) is 11.3 Å². The zero-order chi connectivity index (χ0) is 16.2.